The molecule has 0 fully saturated rings. The number of hydrogen-bond donors (Lipinski definition) is 1. The molecule has 0 heterocycles. The minimum atomic E-state index is -4.08. The summed E-state index contributed by atoms with van der Waals surface area (Å²) in [6.07, 6.45) is 0.380. The number of hydrogen-bond acceptors (Lipinski definition) is 3. The van der Waals surface area contributed by atoms with Crippen molar-refractivity contribution in [1.82, 2.24) is 4.31 Å². The lowest BCUT2D eigenvalue weighted by atomic mass is 10.1. The predicted octanol–water partition coefficient (Wildman–Crippen LogP) is 3.31. The van der Waals surface area contributed by atoms with Crippen LogP contribution in [0.25, 0.3) is 0 Å². The summed E-state index contributed by atoms with van der Waals surface area (Å²) in [5.74, 6) is -1.25. The van der Waals surface area contributed by atoms with Crippen molar-refractivity contribution in [2.45, 2.75) is 11.3 Å². The summed E-state index contributed by atoms with van der Waals surface area (Å²) >= 11 is 11.8. The third-order valence-corrected chi connectivity index (χ3v) is 5.88. The number of carboxylic acids is 1. The highest BCUT2D eigenvalue weighted by molar-refractivity contribution is 7.89. The Labute approximate surface area is 150 Å². The lowest BCUT2D eigenvalue weighted by molar-refractivity contribution is -0.137. The zero-order chi connectivity index (χ0) is 17.7. The molecule has 0 aliphatic heterocycles. The summed E-state index contributed by atoms with van der Waals surface area (Å²) in [5, 5.41) is 9.25. The monoisotopic (exact) mass is 387 g/mol. The van der Waals surface area contributed by atoms with Crippen LogP contribution in [0.3, 0.4) is 0 Å². The second kappa shape index (κ2) is 7.98. The van der Waals surface area contributed by atoms with E-state index in [1.54, 1.807) is 0 Å². The molecule has 0 aliphatic rings. The first-order valence-electron chi connectivity index (χ1n) is 7.01. The Balaban J connectivity index is 2.31. The highest BCUT2D eigenvalue weighted by Crippen LogP contribution is 2.27. The van der Waals surface area contributed by atoms with Gasteiger partial charge in [0.25, 0.3) is 0 Å². The van der Waals surface area contributed by atoms with Crippen LogP contribution in [0.15, 0.2) is 53.4 Å². The lowest BCUT2D eigenvalue weighted by Crippen LogP contribution is -2.37. The van der Waals surface area contributed by atoms with Crippen molar-refractivity contribution < 1.29 is 18.3 Å². The Bertz CT molecular complexity index is 825. The molecule has 0 amide bonds. The molecule has 2 aromatic rings. The van der Waals surface area contributed by atoms with E-state index in [1.807, 2.05) is 30.3 Å². The first-order valence-corrected chi connectivity index (χ1v) is 9.21. The van der Waals surface area contributed by atoms with Gasteiger partial charge in [0, 0.05) is 11.6 Å². The van der Waals surface area contributed by atoms with Gasteiger partial charge in [0.15, 0.2) is 0 Å². The molecule has 2 rings (SSSR count). The third kappa shape index (κ3) is 4.70. The van der Waals surface area contributed by atoms with Crippen LogP contribution in [0.2, 0.25) is 10.0 Å². The van der Waals surface area contributed by atoms with Gasteiger partial charge in [-0.2, -0.15) is 4.31 Å². The van der Waals surface area contributed by atoms with E-state index in [2.05, 4.69) is 0 Å². The molecule has 0 spiro atoms. The van der Waals surface area contributed by atoms with Gasteiger partial charge in [-0.3, -0.25) is 4.79 Å². The van der Waals surface area contributed by atoms with Crippen molar-refractivity contribution >= 4 is 39.2 Å². The Morgan fingerprint density at radius 3 is 2.38 bits per heavy atom. The molecule has 5 nitrogen and oxygen atoms in total. The minimum absolute atomic E-state index is 0.00509. The van der Waals surface area contributed by atoms with Gasteiger partial charge in [0.05, 0.1) is 5.02 Å². The number of carboxylic acid groups (broad SMARTS) is 1. The summed E-state index contributed by atoms with van der Waals surface area (Å²) < 4.78 is 26.5. The molecule has 8 heteroatoms. The molecule has 24 heavy (non-hydrogen) atoms. The maximum absolute atomic E-state index is 12.8. The Morgan fingerprint density at radius 2 is 1.75 bits per heavy atom. The van der Waals surface area contributed by atoms with Crippen LogP contribution >= 0.6 is 23.2 Å². The number of rotatable bonds is 7. The number of benzene rings is 2. The zero-order valence-electron chi connectivity index (χ0n) is 12.5. The molecule has 0 aromatic heterocycles. The van der Waals surface area contributed by atoms with Gasteiger partial charge in [-0.25, -0.2) is 8.42 Å². The normalized spacial score (nSPS) is 11.6. The highest BCUT2D eigenvalue weighted by atomic mass is 35.5. The fourth-order valence-electron chi connectivity index (χ4n) is 2.15. The van der Waals surface area contributed by atoms with E-state index in [1.165, 1.54) is 18.2 Å². The van der Waals surface area contributed by atoms with E-state index in [4.69, 9.17) is 28.3 Å². The Hall–Kier alpha value is -1.60. The average molecular weight is 388 g/mol. The predicted molar refractivity (Wildman–Crippen MR) is 93.0 cm³/mol. The summed E-state index contributed by atoms with van der Waals surface area (Å²) in [4.78, 5) is 10.9. The van der Waals surface area contributed by atoms with Gasteiger partial charge in [-0.15, -0.1) is 0 Å². The maximum Gasteiger partial charge on any atom is 0.318 e. The summed E-state index contributed by atoms with van der Waals surface area (Å²) in [6.45, 7) is -0.639. The largest absolute Gasteiger partial charge is 0.480 e. The van der Waals surface area contributed by atoms with Crippen molar-refractivity contribution in [3.63, 3.8) is 0 Å². The van der Waals surface area contributed by atoms with E-state index in [0.29, 0.717) is 6.42 Å². The molecular formula is C16H15Cl2NO4S. The SMILES string of the molecule is O=C(O)CN(CCc1ccccc1)S(=O)(=O)c1cc(Cl)ccc1Cl. The van der Waals surface area contributed by atoms with Gasteiger partial charge in [-0.1, -0.05) is 53.5 Å². The van der Waals surface area contributed by atoms with E-state index in [-0.39, 0.29) is 21.5 Å². The second-order valence-electron chi connectivity index (χ2n) is 5.04. The molecule has 0 radical (unpaired) electrons. The first-order chi connectivity index (χ1) is 11.3. The van der Waals surface area contributed by atoms with Crippen molar-refractivity contribution in [1.29, 1.82) is 0 Å². The van der Waals surface area contributed by atoms with Crippen LogP contribution < -0.4 is 0 Å². The van der Waals surface area contributed by atoms with Crippen LogP contribution in [0.5, 0.6) is 0 Å². The van der Waals surface area contributed by atoms with Crippen molar-refractivity contribution in [2.24, 2.45) is 0 Å². The molecule has 1 N–H and O–H groups in total. The smallest absolute Gasteiger partial charge is 0.318 e. The van der Waals surface area contributed by atoms with Crippen LogP contribution in [0.1, 0.15) is 5.56 Å². The topological polar surface area (TPSA) is 74.7 Å². The van der Waals surface area contributed by atoms with Crippen molar-refractivity contribution in [3.05, 3.63) is 64.1 Å². The lowest BCUT2D eigenvalue weighted by Gasteiger charge is -2.21. The average Bonchev–Trinajstić information content (AvgIpc) is 2.54. The number of sulfonamides is 1. The number of nitrogens with zero attached hydrogens (tertiary/aromatic N) is 1. The van der Waals surface area contributed by atoms with Crippen LogP contribution in [0, 0.1) is 0 Å². The van der Waals surface area contributed by atoms with Crippen molar-refractivity contribution in [2.75, 3.05) is 13.1 Å². The number of halogens is 2. The molecule has 0 saturated heterocycles. The fourth-order valence-corrected chi connectivity index (χ4v) is 4.27. The van der Waals surface area contributed by atoms with Gasteiger partial charge in [-0.05, 0) is 30.2 Å². The summed E-state index contributed by atoms with van der Waals surface area (Å²) in [6, 6.07) is 13.3. The standard InChI is InChI=1S/C16H15Cl2NO4S/c17-13-6-7-14(18)15(10-13)24(22,23)19(11-16(20)21)9-8-12-4-2-1-3-5-12/h1-7,10H,8-9,11H2,(H,20,21). The van der Waals surface area contributed by atoms with Crippen LogP contribution in [-0.4, -0.2) is 36.9 Å². The quantitative estimate of drug-likeness (QED) is 0.790. The fraction of sp³-hybridized carbons (Fsp3) is 0.188. The van der Waals surface area contributed by atoms with Gasteiger partial charge in [0.1, 0.15) is 11.4 Å². The molecular weight excluding hydrogens is 373 g/mol. The molecule has 128 valence electrons. The summed E-state index contributed by atoms with van der Waals surface area (Å²) in [5.41, 5.74) is 0.903. The van der Waals surface area contributed by atoms with E-state index in [9.17, 15) is 13.2 Å². The highest BCUT2D eigenvalue weighted by Gasteiger charge is 2.28. The van der Waals surface area contributed by atoms with E-state index >= 15 is 0 Å². The summed E-state index contributed by atoms with van der Waals surface area (Å²) in [7, 11) is -4.08. The maximum atomic E-state index is 12.8. The van der Waals surface area contributed by atoms with Gasteiger partial charge in [0.2, 0.25) is 10.0 Å². The van der Waals surface area contributed by atoms with Crippen molar-refractivity contribution in [3.8, 4) is 0 Å². The van der Waals surface area contributed by atoms with Crippen LogP contribution in [0.4, 0.5) is 0 Å². The zero-order valence-corrected chi connectivity index (χ0v) is 14.9. The number of carbonyl (C=O) groups is 1. The number of aliphatic carboxylic acids is 1. The molecule has 0 unspecified atom stereocenters. The second-order valence-corrected chi connectivity index (χ2v) is 7.79. The third-order valence-electron chi connectivity index (χ3n) is 3.32. The van der Waals surface area contributed by atoms with E-state index < -0.39 is 22.5 Å². The Morgan fingerprint density at radius 1 is 1.08 bits per heavy atom. The molecule has 0 saturated carbocycles. The molecule has 0 atom stereocenters. The molecule has 0 aliphatic carbocycles. The minimum Gasteiger partial charge on any atom is -0.480 e. The first kappa shape index (κ1) is 18.7. The van der Waals surface area contributed by atoms with Gasteiger partial charge >= 0.3 is 5.97 Å². The Kier molecular flexibility index (Phi) is 6.23. The van der Waals surface area contributed by atoms with Crippen LogP contribution in [-0.2, 0) is 21.2 Å². The van der Waals surface area contributed by atoms with E-state index in [0.717, 1.165) is 9.87 Å². The molecule has 2 aromatic carbocycles. The van der Waals surface area contributed by atoms with Gasteiger partial charge < -0.3 is 5.11 Å². The molecule has 0 bridgehead atoms.